The van der Waals surface area contributed by atoms with Gasteiger partial charge in [-0.2, -0.15) is 9.97 Å². The van der Waals surface area contributed by atoms with Crippen LogP contribution in [-0.4, -0.2) is 49.8 Å². The zero-order valence-electron chi connectivity index (χ0n) is 27.9. The first-order valence-corrected chi connectivity index (χ1v) is 17.2. The molecule has 0 aliphatic rings. The molecule has 0 spiro atoms. The zero-order chi connectivity index (χ0) is 37.1. The van der Waals surface area contributed by atoms with Gasteiger partial charge in [0.2, 0.25) is 17.8 Å². The Morgan fingerprint density at radius 1 is 0.370 bits per heavy atom. The van der Waals surface area contributed by atoms with Crippen molar-refractivity contribution in [2.45, 2.75) is 0 Å². The summed E-state index contributed by atoms with van der Waals surface area (Å²) in [7, 11) is 0. The summed E-state index contributed by atoms with van der Waals surface area (Å²) in [5, 5.41) is 12.4. The first kappa shape index (κ1) is 35.7. The van der Waals surface area contributed by atoms with Gasteiger partial charge < -0.3 is 16.0 Å². The maximum atomic E-state index is 5.85. The number of rotatable bonds is 6. The largest absolute Gasteiger partial charge is 0.324 e. The van der Waals surface area contributed by atoms with Gasteiger partial charge in [-0.3, -0.25) is 0 Å². The van der Waals surface area contributed by atoms with E-state index in [1.165, 1.54) is 6.20 Å². The molecule has 6 aromatic heterocycles. The van der Waals surface area contributed by atoms with E-state index in [-0.39, 0.29) is 0 Å². The van der Waals surface area contributed by atoms with Crippen molar-refractivity contribution in [3.63, 3.8) is 0 Å². The van der Waals surface area contributed by atoms with Crippen LogP contribution in [0.15, 0.2) is 140 Å². The van der Waals surface area contributed by atoms with Gasteiger partial charge in [0, 0.05) is 46.4 Å². The molecule has 9 aromatic rings. The van der Waals surface area contributed by atoms with Crippen LogP contribution in [0.3, 0.4) is 0 Å². The van der Waals surface area contributed by atoms with Crippen LogP contribution in [0.1, 0.15) is 0 Å². The fraction of sp³-hybridized carbons (Fsp3) is 0. The molecular weight excluding hydrogens is 745 g/mol. The molecule has 264 valence electrons. The molecule has 0 saturated carbocycles. The molecule has 0 unspecified atom stereocenters. The quantitative estimate of drug-likeness (QED) is 0.137. The van der Waals surface area contributed by atoms with Crippen molar-refractivity contribution in [1.29, 1.82) is 0 Å². The summed E-state index contributed by atoms with van der Waals surface area (Å²) in [6.07, 6.45) is 9.68. The number of anilines is 6. The number of benzene rings is 3. The predicted octanol–water partition coefficient (Wildman–Crippen LogP) is 9.66. The lowest BCUT2D eigenvalue weighted by molar-refractivity contribution is 1.15. The van der Waals surface area contributed by atoms with Gasteiger partial charge in [-0.05, 0) is 48.5 Å². The smallest absolute Gasteiger partial charge is 0.229 e. The zero-order valence-corrected chi connectivity index (χ0v) is 30.2. The Kier molecular flexibility index (Phi) is 11.4. The summed E-state index contributed by atoms with van der Waals surface area (Å²) >= 11 is 17.4. The molecule has 0 aliphatic carbocycles. The van der Waals surface area contributed by atoms with Crippen molar-refractivity contribution in [3.8, 4) is 0 Å². The van der Waals surface area contributed by atoms with Gasteiger partial charge in [-0.25, -0.2) is 39.9 Å². The van der Waals surface area contributed by atoms with E-state index in [0.717, 1.165) is 33.4 Å². The number of hydrogen-bond donors (Lipinski definition) is 3. The number of nitrogens with zero attached hydrogens (tertiary/aromatic N) is 10. The summed E-state index contributed by atoms with van der Waals surface area (Å²) in [6, 6.07) is 32.7. The lowest BCUT2D eigenvalue weighted by Crippen LogP contribution is -1.98. The third-order valence-corrected chi connectivity index (χ3v) is 7.79. The van der Waals surface area contributed by atoms with Crippen LogP contribution in [0.25, 0.3) is 33.1 Å². The summed E-state index contributed by atoms with van der Waals surface area (Å²) in [4.78, 5) is 41.9. The number of fused-ring (bicyclic) bond motifs is 3. The molecule has 0 bridgehead atoms. The molecule has 0 aliphatic heterocycles. The van der Waals surface area contributed by atoms with E-state index in [1.807, 2.05) is 91.0 Å². The molecule has 3 aromatic carbocycles. The van der Waals surface area contributed by atoms with Crippen LogP contribution in [0.2, 0.25) is 15.3 Å². The van der Waals surface area contributed by atoms with Gasteiger partial charge >= 0.3 is 0 Å². The number of nitrogens with one attached hydrogen (secondary N) is 3. The Morgan fingerprint density at radius 2 is 0.870 bits per heavy atom. The second kappa shape index (κ2) is 17.2. The minimum absolute atomic E-state index is 0.329. The second-order valence-corrected chi connectivity index (χ2v) is 12.3. The predicted molar refractivity (Wildman–Crippen MR) is 214 cm³/mol. The summed E-state index contributed by atoms with van der Waals surface area (Å²) in [6.45, 7) is 0. The Bertz CT molecular complexity index is 2350. The van der Waals surface area contributed by atoms with Gasteiger partial charge in [0.25, 0.3) is 0 Å². The fourth-order valence-corrected chi connectivity index (χ4v) is 5.21. The Labute approximate surface area is 323 Å². The number of hydrogen-bond acceptors (Lipinski definition) is 13. The van der Waals surface area contributed by atoms with Crippen LogP contribution in [0, 0.1) is 0 Å². The molecule has 13 nitrogen and oxygen atoms in total. The van der Waals surface area contributed by atoms with Crippen LogP contribution >= 0.6 is 34.8 Å². The maximum Gasteiger partial charge on any atom is 0.229 e. The molecule has 0 radical (unpaired) electrons. The molecule has 0 saturated heterocycles. The first-order valence-electron chi connectivity index (χ1n) is 16.1. The first-order chi connectivity index (χ1) is 26.4. The van der Waals surface area contributed by atoms with Crippen LogP contribution in [0.5, 0.6) is 0 Å². The standard InChI is InChI=1S/2C13H9ClN4.C12H8ClN5/c14-10-6-9-7-16-13(18-12(9)15-8-10)17-11-4-2-1-3-5-11;14-12-6-9-7-16-13(18-11(9)8-15-12)17-10-4-2-1-3-5-10;13-10-7-14-11-9(17-10)6-15-12(18-11)16-8-4-2-1-3-5-8/h1-8H,(H,15,16,17,18);1-8H,(H,16,17,18);1-7H,(H,14,15,16,18). The Morgan fingerprint density at radius 3 is 1.48 bits per heavy atom. The molecule has 3 N–H and O–H groups in total. The molecule has 0 atom stereocenters. The molecule has 0 amide bonds. The SMILES string of the molecule is Clc1cc2cnc(Nc3ccccc3)nc2cn1.Clc1cnc2nc(Nc3ccccc3)ncc2c1.Clc1cnc2nc(Nc3ccccc3)ncc2n1. The third kappa shape index (κ3) is 9.80. The van der Waals surface area contributed by atoms with Crippen molar-refractivity contribution < 1.29 is 0 Å². The number of para-hydroxylation sites is 3. The molecule has 0 fully saturated rings. The van der Waals surface area contributed by atoms with E-state index in [4.69, 9.17) is 34.8 Å². The third-order valence-electron chi connectivity index (χ3n) is 7.19. The van der Waals surface area contributed by atoms with Crippen molar-refractivity contribution in [3.05, 3.63) is 156 Å². The van der Waals surface area contributed by atoms with Crippen molar-refractivity contribution in [2.24, 2.45) is 0 Å². The highest BCUT2D eigenvalue weighted by Gasteiger charge is 2.05. The number of halogens is 3. The van der Waals surface area contributed by atoms with Gasteiger partial charge in [0.15, 0.2) is 11.3 Å². The molecule has 6 heterocycles. The van der Waals surface area contributed by atoms with Gasteiger partial charge in [-0.1, -0.05) is 89.4 Å². The van der Waals surface area contributed by atoms with E-state index in [2.05, 4.69) is 65.8 Å². The van der Waals surface area contributed by atoms with Crippen LogP contribution in [0.4, 0.5) is 34.9 Å². The normalized spacial score (nSPS) is 10.5. The lowest BCUT2D eigenvalue weighted by atomic mass is 10.3. The summed E-state index contributed by atoms with van der Waals surface area (Å²) in [5.74, 6) is 1.53. The Hall–Kier alpha value is -6.67. The van der Waals surface area contributed by atoms with Crippen LogP contribution < -0.4 is 16.0 Å². The minimum Gasteiger partial charge on any atom is -0.324 e. The highest BCUT2D eigenvalue weighted by molar-refractivity contribution is 6.31. The highest BCUT2D eigenvalue weighted by Crippen LogP contribution is 2.20. The number of aromatic nitrogens is 10. The molecular formula is C38H26Cl3N13. The number of pyridine rings is 2. The van der Waals surface area contributed by atoms with Crippen LogP contribution in [-0.2, 0) is 0 Å². The van der Waals surface area contributed by atoms with Gasteiger partial charge in [-0.15, -0.1) is 0 Å². The Balaban J connectivity index is 0.000000125. The molecule has 54 heavy (non-hydrogen) atoms. The average molecular weight is 771 g/mol. The van der Waals surface area contributed by atoms with Crippen molar-refractivity contribution in [1.82, 2.24) is 49.8 Å². The van der Waals surface area contributed by atoms with E-state index < -0.39 is 0 Å². The van der Waals surface area contributed by atoms with Crippen molar-refractivity contribution in [2.75, 3.05) is 16.0 Å². The lowest BCUT2D eigenvalue weighted by Gasteiger charge is -2.05. The van der Waals surface area contributed by atoms with Crippen molar-refractivity contribution >= 4 is 103 Å². The summed E-state index contributed by atoms with van der Waals surface area (Å²) < 4.78 is 0. The topological polar surface area (TPSA) is 165 Å². The van der Waals surface area contributed by atoms with E-state index in [0.29, 0.717) is 50.0 Å². The van der Waals surface area contributed by atoms with Gasteiger partial charge in [0.1, 0.15) is 15.8 Å². The van der Waals surface area contributed by atoms with E-state index >= 15 is 0 Å². The minimum atomic E-state index is 0.329. The second-order valence-electron chi connectivity index (χ2n) is 11.1. The van der Waals surface area contributed by atoms with Gasteiger partial charge in [0.05, 0.1) is 29.1 Å². The highest BCUT2D eigenvalue weighted by atomic mass is 35.5. The van der Waals surface area contributed by atoms with E-state index in [9.17, 15) is 0 Å². The molecule has 9 rings (SSSR count). The summed E-state index contributed by atoms with van der Waals surface area (Å²) in [5.41, 5.74) is 5.25. The van der Waals surface area contributed by atoms with E-state index in [1.54, 1.807) is 43.1 Å². The maximum absolute atomic E-state index is 5.85. The monoisotopic (exact) mass is 769 g/mol. The molecule has 16 heteroatoms. The fourth-order valence-electron chi connectivity index (χ4n) is 4.73. The average Bonchev–Trinajstić information content (AvgIpc) is 3.20.